The monoisotopic (exact) mass is 257 g/mol. The van der Waals surface area contributed by atoms with Crippen LogP contribution in [0, 0.1) is 5.92 Å². The molecule has 2 heterocycles. The fourth-order valence-electron chi connectivity index (χ4n) is 2.37. The van der Waals surface area contributed by atoms with Crippen LogP contribution in [0.15, 0.2) is 0 Å². The number of hydrogen-bond donors (Lipinski definition) is 2. The first-order chi connectivity index (χ1) is 8.24. The van der Waals surface area contributed by atoms with Crippen molar-refractivity contribution in [3.8, 4) is 0 Å². The molecular weight excluding hydrogens is 234 g/mol. The molecule has 0 aromatic rings. The fraction of sp³-hybridized carbons (Fsp3) is 0.917. The highest BCUT2D eigenvalue weighted by Crippen LogP contribution is 2.22. The van der Waals surface area contributed by atoms with Crippen LogP contribution in [-0.4, -0.2) is 54.5 Å². The van der Waals surface area contributed by atoms with Crippen LogP contribution in [0.3, 0.4) is 0 Å². The van der Waals surface area contributed by atoms with E-state index in [0.29, 0.717) is 18.5 Å². The second-order valence-electron chi connectivity index (χ2n) is 5.15. The number of piperidine rings is 1. The maximum Gasteiger partial charge on any atom is 0.234 e. The first-order valence-electron chi connectivity index (χ1n) is 6.56. The highest BCUT2D eigenvalue weighted by Gasteiger charge is 2.19. The zero-order valence-corrected chi connectivity index (χ0v) is 11.2. The van der Waals surface area contributed by atoms with Gasteiger partial charge < -0.3 is 11.1 Å². The highest BCUT2D eigenvalue weighted by molar-refractivity contribution is 7.99. The number of nitrogens with one attached hydrogen (secondary N) is 1. The average Bonchev–Trinajstić information content (AvgIpc) is 2.83. The molecule has 2 aliphatic heterocycles. The normalized spacial score (nSPS) is 27.2. The van der Waals surface area contributed by atoms with E-state index >= 15 is 0 Å². The summed E-state index contributed by atoms with van der Waals surface area (Å²) in [5.41, 5.74) is 5.84. The Balaban J connectivity index is 1.60. The summed E-state index contributed by atoms with van der Waals surface area (Å²) in [6, 6.07) is 0.338. The van der Waals surface area contributed by atoms with E-state index in [0.717, 1.165) is 32.5 Å². The summed E-state index contributed by atoms with van der Waals surface area (Å²) in [4.78, 5) is 14.0. The average molecular weight is 257 g/mol. The quantitative estimate of drug-likeness (QED) is 0.759. The predicted octanol–water partition coefficient (Wildman–Crippen LogP) is 0.279. The van der Waals surface area contributed by atoms with E-state index in [9.17, 15) is 4.79 Å². The molecule has 4 nitrogen and oxygen atoms in total. The number of rotatable bonds is 4. The summed E-state index contributed by atoms with van der Waals surface area (Å²) in [7, 11) is 0. The molecule has 1 amide bonds. The van der Waals surface area contributed by atoms with Crippen LogP contribution >= 0.6 is 11.8 Å². The molecule has 0 aromatic carbocycles. The highest BCUT2D eigenvalue weighted by atomic mass is 32.2. The topological polar surface area (TPSA) is 58.4 Å². The van der Waals surface area contributed by atoms with Crippen LogP contribution in [0.5, 0.6) is 0 Å². The van der Waals surface area contributed by atoms with Gasteiger partial charge in [0.25, 0.3) is 0 Å². The van der Waals surface area contributed by atoms with Gasteiger partial charge in [-0.3, -0.25) is 9.69 Å². The van der Waals surface area contributed by atoms with Gasteiger partial charge in [-0.05, 0) is 36.7 Å². The van der Waals surface area contributed by atoms with Gasteiger partial charge in [0.05, 0.1) is 6.54 Å². The fourth-order valence-corrected chi connectivity index (χ4v) is 3.66. The second-order valence-corrected chi connectivity index (χ2v) is 6.30. The summed E-state index contributed by atoms with van der Waals surface area (Å²) >= 11 is 1.99. The number of thioether (sulfide) groups is 1. The zero-order valence-electron chi connectivity index (χ0n) is 10.4. The van der Waals surface area contributed by atoms with Gasteiger partial charge in [0.1, 0.15) is 0 Å². The molecule has 2 fully saturated rings. The maximum atomic E-state index is 11.8. The first kappa shape index (κ1) is 13.2. The van der Waals surface area contributed by atoms with Gasteiger partial charge in [-0.2, -0.15) is 11.8 Å². The van der Waals surface area contributed by atoms with Crippen LogP contribution in [-0.2, 0) is 4.79 Å². The molecule has 17 heavy (non-hydrogen) atoms. The van der Waals surface area contributed by atoms with Gasteiger partial charge in [-0.1, -0.05) is 0 Å². The van der Waals surface area contributed by atoms with Crippen molar-refractivity contribution in [1.29, 1.82) is 0 Å². The first-order valence-corrected chi connectivity index (χ1v) is 7.72. The molecule has 2 saturated heterocycles. The van der Waals surface area contributed by atoms with Crippen LogP contribution in [0.1, 0.15) is 19.3 Å². The standard InChI is InChI=1S/C12H23N3OS/c13-11-1-4-15(5-2-11)8-12(16)14-7-10-3-6-17-9-10/h10-11H,1-9,13H2,(H,14,16). The lowest BCUT2D eigenvalue weighted by Gasteiger charge is -2.29. The molecular formula is C12H23N3OS. The van der Waals surface area contributed by atoms with Crippen LogP contribution in [0.25, 0.3) is 0 Å². The number of carbonyl (C=O) groups is 1. The summed E-state index contributed by atoms with van der Waals surface area (Å²) in [5.74, 6) is 3.33. The molecule has 2 rings (SSSR count). The molecule has 3 N–H and O–H groups in total. The van der Waals surface area contributed by atoms with E-state index in [2.05, 4.69) is 10.2 Å². The van der Waals surface area contributed by atoms with Gasteiger partial charge in [0.15, 0.2) is 0 Å². The Morgan fingerprint density at radius 3 is 2.76 bits per heavy atom. The van der Waals surface area contributed by atoms with Crippen molar-refractivity contribution in [2.45, 2.75) is 25.3 Å². The molecule has 2 aliphatic rings. The van der Waals surface area contributed by atoms with Crippen molar-refractivity contribution >= 4 is 17.7 Å². The second kappa shape index (κ2) is 6.61. The lowest BCUT2D eigenvalue weighted by atomic mass is 10.1. The summed E-state index contributed by atoms with van der Waals surface area (Å²) in [5, 5.41) is 3.06. The maximum absolute atomic E-state index is 11.8. The van der Waals surface area contributed by atoms with E-state index in [1.165, 1.54) is 17.9 Å². The Labute approximate surface area is 108 Å². The van der Waals surface area contributed by atoms with Gasteiger partial charge >= 0.3 is 0 Å². The number of nitrogens with zero attached hydrogens (tertiary/aromatic N) is 1. The van der Waals surface area contributed by atoms with E-state index in [1.54, 1.807) is 0 Å². The summed E-state index contributed by atoms with van der Waals surface area (Å²) < 4.78 is 0. The number of hydrogen-bond acceptors (Lipinski definition) is 4. The molecule has 0 spiro atoms. The SMILES string of the molecule is NC1CCN(CC(=O)NCC2CCSC2)CC1. The molecule has 1 atom stereocenters. The third-order valence-corrected chi connectivity index (χ3v) is 4.84. The van der Waals surface area contributed by atoms with Crippen LogP contribution in [0.4, 0.5) is 0 Å². The summed E-state index contributed by atoms with van der Waals surface area (Å²) in [6.07, 6.45) is 3.29. The smallest absolute Gasteiger partial charge is 0.234 e. The number of nitrogens with two attached hydrogens (primary N) is 1. The minimum absolute atomic E-state index is 0.178. The van der Waals surface area contributed by atoms with E-state index in [-0.39, 0.29) is 5.91 Å². The van der Waals surface area contributed by atoms with E-state index < -0.39 is 0 Å². The van der Waals surface area contributed by atoms with Gasteiger partial charge in [0.2, 0.25) is 5.91 Å². The largest absolute Gasteiger partial charge is 0.355 e. The van der Waals surface area contributed by atoms with E-state index in [1.807, 2.05) is 11.8 Å². The lowest BCUT2D eigenvalue weighted by Crippen LogP contribution is -2.45. The van der Waals surface area contributed by atoms with Crippen molar-refractivity contribution in [2.75, 3.05) is 37.7 Å². The zero-order chi connectivity index (χ0) is 12.1. The molecule has 0 radical (unpaired) electrons. The molecule has 0 bridgehead atoms. The van der Waals surface area contributed by atoms with Crippen molar-refractivity contribution in [3.05, 3.63) is 0 Å². The molecule has 1 unspecified atom stereocenters. The van der Waals surface area contributed by atoms with Crippen LogP contribution in [0.2, 0.25) is 0 Å². The molecule has 0 aromatic heterocycles. The Morgan fingerprint density at radius 2 is 2.12 bits per heavy atom. The Hall–Kier alpha value is -0.260. The van der Waals surface area contributed by atoms with Gasteiger partial charge in [0, 0.05) is 25.7 Å². The number of amides is 1. The van der Waals surface area contributed by atoms with E-state index in [4.69, 9.17) is 5.73 Å². The van der Waals surface area contributed by atoms with Gasteiger partial charge in [-0.25, -0.2) is 0 Å². The Bertz CT molecular complexity index is 248. The van der Waals surface area contributed by atoms with Crippen molar-refractivity contribution in [2.24, 2.45) is 11.7 Å². The summed E-state index contributed by atoms with van der Waals surface area (Å²) in [6.45, 7) is 3.34. The minimum atomic E-state index is 0.178. The third kappa shape index (κ3) is 4.48. The predicted molar refractivity (Wildman–Crippen MR) is 72.1 cm³/mol. The number of likely N-dealkylation sites (tertiary alicyclic amines) is 1. The third-order valence-electron chi connectivity index (χ3n) is 3.61. The Morgan fingerprint density at radius 1 is 1.35 bits per heavy atom. The minimum Gasteiger partial charge on any atom is -0.355 e. The lowest BCUT2D eigenvalue weighted by molar-refractivity contribution is -0.122. The molecule has 0 saturated carbocycles. The molecule has 0 aliphatic carbocycles. The van der Waals surface area contributed by atoms with Crippen molar-refractivity contribution in [3.63, 3.8) is 0 Å². The molecule has 5 heteroatoms. The van der Waals surface area contributed by atoms with Gasteiger partial charge in [-0.15, -0.1) is 0 Å². The Kier molecular flexibility index (Phi) is 5.13. The number of carbonyl (C=O) groups excluding carboxylic acids is 1. The van der Waals surface area contributed by atoms with Crippen molar-refractivity contribution < 1.29 is 4.79 Å². The van der Waals surface area contributed by atoms with Crippen molar-refractivity contribution in [1.82, 2.24) is 10.2 Å². The van der Waals surface area contributed by atoms with Crippen LogP contribution < -0.4 is 11.1 Å². The molecule has 98 valence electrons.